The molecule has 0 aliphatic heterocycles. The average Bonchev–Trinajstić information content (AvgIpc) is 3.40. The Balaban J connectivity index is 1.88. The summed E-state index contributed by atoms with van der Waals surface area (Å²) in [6.07, 6.45) is 3.36. The highest BCUT2D eigenvalue weighted by Crippen LogP contribution is 2.38. The molecular weight excluding hydrogens is 444 g/mol. The van der Waals surface area contributed by atoms with Crippen LogP contribution in [0, 0.1) is 6.92 Å². The van der Waals surface area contributed by atoms with Crippen LogP contribution in [0.25, 0.3) is 22.5 Å². The molecule has 0 spiro atoms. The van der Waals surface area contributed by atoms with Gasteiger partial charge in [0.05, 0.1) is 51.0 Å². The van der Waals surface area contributed by atoms with Gasteiger partial charge >= 0.3 is 0 Å². The molecular formula is C24H25ClN4O4. The van der Waals surface area contributed by atoms with E-state index in [4.69, 9.17) is 35.6 Å². The van der Waals surface area contributed by atoms with Gasteiger partial charge in [-0.1, -0.05) is 11.6 Å². The van der Waals surface area contributed by atoms with Crippen LogP contribution < -0.4 is 18.9 Å². The fourth-order valence-corrected chi connectivity index (χ4v) is 3.97. The number of nitrogens with zero attached hydrogens (tertiary/aromatic N) is 4. The second kappa shape index (κ2) is 9.46. The summed E-state index contributed by atoms with van der Waals surface area (Å²) in [5.74, 6) is 2.58. The lowest BCUT2D eigenvalue weighted by Gasteiger charge is -2.12. The molecule has 0 unspecified atom stereocenters. The van der Waals surface area contributed by atoms with Crippen molar-refractivity contribution in [1.29, 1.82) is 0 Å². The number of aromatic nitrogens is 4. The van der Waals surface area contributed by atoms with Gasteiger partial charge in [0.25, 0.3) is 0 Å². The van der Waals surface area contributed by atoms with Gasteiger partial charge < -0.3 is 18.9 Å². The normalized spacial score (nSPS) is 10.8. The summed E-state index contributed by atoms with van der Waals surface area (Å²) in [7, 11) is 6.46. The van der Waals surface area contributed by atoms with Crippen molar-refractivity contribution in [2.45, 2.75) is 13.6 Å². The maximum atomic E-state index is 6.08. The third kappa shape index (κ3) is 4.34. The molecule has 0 amide bonds. The minimum absolute atomic E-state index is 0.379. The lowest BCUT2D eigenvalue weighted by atomic mass is 10.0. The molecule has 4 aromatic rings. The molecule has 172 valence electrons. The van der Waals surface area contributed by atoms with Crippen LogP contribution in [0.3, 0.4) is 0 Å². The van der Waals surface area contributed by atoms with Gasteiger partial charge in [-0.15, -0.1) is 0 Å². The lowest BCUT2D eigenvalue weighted by molar-refractivity contribution is 0.355. The third-order valence-electron chi connectivity index (χ3n) is 5.38. The van der Waals surface area contributed by atoms with Crippen molar-refractivity contribution in [2.75, 3.05) is 28.4 Å². The predicted octanol–water partition coefficient (Wildman–Crippen LogP) is 4.92. The molecule has 0 aliphatic rings. The first-order chi connectivity index (χ1) is 16.0. The van der Waals surface area contributed by atoms with E-state index in [0.717, 1.165) is 28.1 Å². The molecule has 2 aromatic heterocycles. The second-order valence-corrected chi connectivity index (χ2v) is 7.74. The van der Waals surface area contributed by atoms with Crippen molar-refractivity contribution in [3.8, 4) is 45.5 Å². The molecule has 0 aliphatic carbocycles. The van der Waals surface area contributed by atoms with Gasteiger partial charge in [-0.05, 0) is 43.3 Å². The van der Waals surface area contributed by atoms with Crippen molar-refractivity contribution in [1.82, 2.24) is 19.6 Å². The maximum Gasteiger partial charge on any atom is 0.161 e. The van der Waals surface area contributed by atoms with E-state index in [2.05, 4.69) is 5.10 Å². The summed E-state index contributed by atoms with van der Waals surface area (Å²) < 4.78 is 25.4. The summed E-state index contributed by atoms with van der Waals surface area (Å²) in [6.45, 7) is 2.42. The maximum absolute atomic E-state index is 6.08. The number of rotatable bonds is 8. The molecule has 0 bridgehead atoms. The minimum Gasteiger partial charge on any atom is -0.493 e. The third-order valence-corrected chi connectivity index (χ3v) is 5.58. The molecule has 0 fully saturated rings. The summed E-state index contributed by atoms with van der Waals surface area (Å²) in [4.78, 5) is 0. The predicted molar refractivity (Wildman–Crippen MR) is 127 cm³/mol. The zero-order valence-corrected chi connectivity index (χ0v) is 19.9. The minimum atomic E-state index is 0.379. The van der Waals surface area contributed by atoms with Crippen LogP contribution in [-0.4, -0.2) is 48.0 Å². The Bertz CT molecular complexity index is 1280. The standard InChI is InChI=1S/C24H25ClN4O4/c1-15-23(16-6-8-19(30-2)21(10-16)32-4)27-29(14-28-13-18(25)12-26-28)24(15)17-7-9-20(31-3)22(11-17)33-5/h6-13H,14H2,1-5H3. The lowest BCUT2D eigenvalue weighted by Crippen LogP contribution is -2.11. The van der Waals surface area contributed by atoms with Gasteiger partial charge in [0.2, 0.25) is 0 Å². The van der Waals surface area contributed by atoms with E-state index in [0.29, 0.717) is 34.7 Å². The fraction of sp³-hybridized carbons (Fsp3) is 0.250. The van der Waals surface area contributed by atoms with E-state index >= 15 is 0 Å². The first kappa shape index (κ1) is 22.5. The topological polar surface area (TPSA) is 72.6 Å². The first-order valence-corrected chi connectivity index (χ1v) is 10.6. The Morgan fingerprint density at radius 3 is 1.94 bits per heavy atom. The Hall–Kier alpha value is -3.65. The number of hydrogen-bond donors (Lipinski definition) is 0. The van der Waals surface area contributed by atoms with Crippen LogP contribution in [0.15, 0.2) is 48.8 Å². The van der Waals surface area contributed by atoms with Crippen molar-refractivity contribution in [3.05, 3.63) is 59.4 Å². The van der Waals surface area contributed by atoms with Crippen LogP contribution in [0.1, 0.15) is 5.56 Å². The number of methoxy groups -OCH3 is 4. The molecule has 4 rings (SSSR count). The van der Waals surface area contributed by atoms with Gasteiger partial charge in [-0.2, -0.15) is 10.2 Å². The van der Waals surface area contributed by atoms with Gasteiger partial charge in [0, 0.05) is 22.9 Å². The average molecular weight is 469 g/mol. The van der Waals surface area contributed by atoms with Crippen LogP contribution in [0.4, 0.5) is 0 Å². The second-order valence-electron chi connectivity index (χ2n) is 7.30. The largest absolute Gasteiger partial charge is 0.493 e. The SMILES string of the molecule is COc1ccc(-c2nn(Cn3cc(Cl)cn3)c(-c3ccc(OC)c(OC)c3)c2C)cc1OC. The molecule has 0 atom stereocenters. The van der Waals surface area contributed by atoms with Gasteiger partial charge in [-0.3, -0.25) is 0 Å². The highest BCUT2D eigenvalue weighted by atomic mass is 35.5. The summed E-state index contributed by atoms with van der Waals surface area (Å²) in [5.41, 5.74) is 4.57. The first-order valence-electron chi connectivity index (χ1n) is 10.2. The fourth-order valence-electron chi connectivity index (χ4n) is 3.81. The van der Waals surface area contributed by atoms with Crippen molar-refractivity contribution in [3.63, 3.8) is 0 Å². The molecule has 9 heteroatoms. The molecule has 0 saturated carbocycles. The smallest absolute Gasteiger partial charge is 0.161 e. The molecule has 2 aromatic carbocycles. The molecule has 8 nitrogen and oxygen atoms in total. The highest BCUT2D eigenvalue weighted by molar-refractivity contribution is 6.30. The monoisotopic (exact) mass is 468 g/mol. The number of hydrogen-bond acceptors (Lipinski definition) is 6. The van der Waals surface area contributed by atoms with Crippen LogP contribution in [-0.2, 0) is 6.67 Å². The van der Waals surface area contributed by atoms with Crippen LogP contribution >= 0.6 is 11.6 Å². The van der Waals surface area contributed by atoms with Gasteiger partial charge in [0.15, 0.2) is 23.0 Å². The number of ether oxygens (including phenoxy) is 4. The molecule has 0 N–H and O–H groups in total. The van der Waals surface area contributed by atoms with Crippen molar-refractivity contribution < 1.29 is 18.9 Å². The Kier molecular flexibility index (Phi) is 6.46. The van der Waals surface area contributed by atoms with Crippen molar-refractivity contribution >= 4 is 11.6 Å². The molecule has 2 heterocycles. The van der Waals surface area contributed by atoms with E-state index in [1.165, 1.54) is 0 Å². The van der Waals surface area contributed by atoms with Crippen LogP contribution in [0.5, 0.6) is 23.0 Å². The van der Waals surface area contributed by atoms with E-state index in [9.17, 15) is 0 Å². The highest BCUT2D eigenvalue weighted by Gasteiger charge is 2.20. The Morgan fingerprint density at radius 1 is 0.818 bits per heavy atom. The zero-order valence-electron chi connectivity index (χ0n) is 19.1. The van der Waals surface area contributed by atoms with Gasteiger partial charge in [0.1, 0.15) is 6.67 Å². The number of halogens is 1. The van der Waals surface area contributed by atoms with E-state index in [-0.39, 0.29) is 0 Å². The molecule has 0 saturated heterocycles. The summed E-state index contributed by atoms with van der Waals surface area (Å²) in [6, 6.07) is 11.6. The van der Waals surface area contributed by atoms with Crippen molar-refractivity contribution in [2.24, 2.45) is 0 Å². The Labute approximate surface area is 197 Å². The quantitative estimate of drug-likeness (QED) is 0.365. The molecule has 33 heavy (non-hydrogen) atoms. The summed E-state index contributed by atoms with van der Waals surface area (Å²) >= 11 is 6.08. The summed E-state index contributed by atoms with van der Waals surface area (Å²) in [5, 5.41) is 9.81. The Morgan fingerprint density at radius 2 is 1.39 bits per heavy atom. The molecule has 0 radical (unpaired) electrons. The van der Waals surface area contributed by atoms with E-state index in [1.807, 2.05) is 48.0 Å². The van der Waals surface area contributed by atoms with Gasteiger partial charge in [-0.25, -0.2) is 9.36 Å². The van der Waals surface area contributed by atoms with E-state index in [1.54, 1.807) is 45.5 Å². The zero-order chi connectivity index (χ0) is 23.5. The van der Waals surface area contributed by atoms with Crippen LogP contribution in [0.2, 0.25) is 5.02 Å². The van der Waals surface area contributed by atoms with E-state index < -0.39 is 0 Å². The number of benzene rings is 2.